The van der Waals surface area contributed by atoms with Gasteiger partial charge in [0.15, 0.2) is 4.34 Å². The van der Waals surface area contributed by atoms with Gasteiger partial charge in [-0.05, 0) is 19.1 Å². The lowest BCUT2D eigenvalue weighted by Crippen LogP contribution is -2.42. The summed E-state index contributed by atoms with van der Waals surface area (Å²) in [6.07, 6.45) is 5.37. The number of hydrogen-bond acceptors (Lipinski definition) is 6. The molecule has 122 valence electrons. The second-order valence-electron chi connectivity index (χ2n) is 5.42. The summed E-state index contributed by atoms with van der Waals surface area (Å²) in [5.41, 5.74) is 1.01. The molecular weight excluding hydrogens is 330 g/mol. The first-order chi connectivity index (χ1) is 11.2. The molecule has 3 rings (SSSR count). The maximum atomic E-state index is 12.3. The van der Waals surface area contributed by atoms with Crippen LogP contribution in [-0.2, 0) is 4.79 Å². The quantitative estimate of drug-likeness (QED) is 0.777. The molecule has 1 aliphatic rings. The van der Waals surface area contributed by atoms with E-state index in [9.17, 15) is 4.79 Å². The van der Waals surface area contributed by atoms with Crippen molar-refractivity contribution in [2.24, 2.45) is 0 Å². The smallest absolute Gasteiger partial charge is 0.233 e. The Hall–Kier alpha value is -1.60. The number of hydrogen-bond donors (Lipinski definition) is 0. The summed E-state index contributed by atoms with van der Waals surface area (Å²) < 4.78 is 6.89. The van der Waals surface area contributed by atoms with Gasteiger partial charge in [0, 0.05) is 49.4 Å². The Labute approximate surface area is 144 Å². The van der Waals surface area contributed by atoms with Crippen LogP contribution in [0.25, 0.3) is 0 Å². The molecule has 0 aliphatic carbocycles. The third-order valence-corrected chi connectivity index (χ3v) is 5.79. The average molecular weight is 349 g/mol. The molecule has 7 heteroatoms. The third kappa shape index (κ3) is 4.68. The molecule has 0 saturated carbocycles. The number of thioether (sulfide) groups is 1. The highest BCUT2D eigenvalue weighted by Gasteiger charge is 2.24. The summed E-state index contributed by atoms with van der Waals surface area (Å²) in [4.78, 5) is 22.6. The summed E-state index contributed by atoms with van der Waals surface area (Å²) >= 11 is 3.12. The summed E-state index contributed by atoms with van der Waals surface area (Å²) in [5.74, 6) is 1.49. The number of likely N-dealkylation sites (tertiary alicyclic amines) is 1. The van der Waals surface area contributed by atoms with Crippen molar-refractivity contribution in [1.29, 1.82) is 0 Å². The minimum absolute atomic E-state index is 0.177. The first-order valence-corrected chi connectivity index (χ1v) is 9.46. The van der Waals surface area contributed by atoms with E-state index in [1.807, 2.05) is 29.3 Å². The van der Waals surface area contributed by atoms with E-state index < -0.39 is 0 Å². The number of aromatic nitrogens is 2. The minimum atomic E-state index is 0.177. The van der Waals surface area contributed by atoms with Crippen LogP contribution in [-0.4, -0.2) is 45.7 Å². The first-order valence-electron chi connectivity index (χ1n) is 7.60. The van der Waals surface area contributed by atoms with Gasteiger partial charge in [0.2, 0.25) is 5.91 Å². The van der Waals surface area contributed by atoms with Crippen molar-refractivity contribution in [1.82, 2.24) is 14.9 Å². The molecule has 0 bridgehead atoms. The molecule has 3 heterocycles. The lowest BCUT2D eigenvalue weighted by atomic mass is 10.1. The van der Waals surface area contributed by atoms with Gasteiger partial charge in [0.1, 0.15) is 11.9 Å². The number of nitrogens with zero attached hydrogens (tertiary/aromatic N) is 3. The third-order valence-electron chi connectivity index (χ3n) is 3.66. The Bertz CT molecular complexity index is 640. The van der Waals surface area contributed by atoms with E-state index in [0.717, 1.165) is 41.7 Å². The molecule has 1 aliphatic heterocycles. The molecule has 1 amide bonds. The Morgan fingerprint density at radius 3 is 2.78 bits per heavy atom. The molecule has 1 fully saturated rings. The number of rotatable bonds is 5. The molecule has 2 aromatic rings. The zero-order valence-electron chi connectivity index (χ0n) is 13.0. The minimum Gasteiger partial charge on any atom is -0.490 e. The number of pyridine rings is 1. The van der Waals surface area contributed by atoms with Crippen LogP contribution in [0.15, 0.2) is 34.2 Å². The predicted molar refractivity (Wildman–Crippen MR) is 92.0 cm³/mol. The van der Waals surface area contributed by atoms with Crippen LogP contribution in [0.5, 0.6) is 5.75 Å². The van der Waals surface area contributed by atoms with E-state index in [-0.39, 0.29) is 12.0 Å². The Morgan fingerprint density at radius 2 is 2.13 bits per heavy atom. The highest BCUT2D eigenvalue weighted by molar-refractivity contribution is 8.01. The zero-order chi connectivity index (χ0) is 16.1. The van der Waals surface area contributed by atoms with Gasteiger partial charge in [-0.2, -0.15) is 0 Å². The highest BCUT2D eigenvalue weighted by Crippen LogP contribution is 2.24. The fraction of sp³-hybridized carbons (Fsp3) is 0.438. The zero-order valence-corrected chi connectivity index (χ0v) is 14.6. The van der Waals surface area contributed by atoms with E-state index in [4.69, 9.17) is 4.74 Å². The van der Waals surface area contributed by atoms with Crippen molar-refractivity contribution < 1.29 is 9.53 Å². The molecule has 2 aromatic heterocycles. The van der Waals surface area contributed by atoms with Crippen LogP contribution in [0.2, 0.25) is 0 Å². The van der Waals surface area contributed by atoms with Crippen molar-refractivity contribution >= 4 is 29.0 Å². The van der Waals surface area contributed by atoms with Crippen molar-refractivity contribution in [3.63, 3.8) is 0 Å². The van der Waals surface area contributed by atoms with Gasteiger partial charge in [0.05, 0.1) is 5.75 Å². The van der Waals surface area contributed by atoms with Gasteiger partial charge >= 0.3 is 0 Å². The predicted octanol–water partition coefficient (Wildman–Crippen LogP) is 3.01. The van der Waals surface area contributed by atoms with Gasteiger partial charge in [-0.25, -0.2) is 4.98 Å². The van der Waals surface area contributed by atoms with Gasteiger partial charge < -0.3 is 9.64 Å². The van der Waals surface area contributed by atoms with Crippen molar-refractivity contribution in [2.75, 3.05) is 18.8 Å². The fourth-order valence-corrected chi connectivity index (χ4v) is 4.20. The topological polar surface area (TPSA) is 55.3 Å². The summed E-state index contributed by atoms with van der Waals surface area (Å²) in [6.45, 7) is 3.48. The second-order valence-corrected chi connectivity index (χ2v) is 7.50. The fourth-order valence-electron chi connectivity index (χ4n) is 2.45. The van der Waals surface area contributed by atoms with E-state index in [1.54, 1.807) is 23.7 Å². The Morgan fingerprint density at radius 1 is 1.39 bits per heavy atom. The maximum absolute atomic E-state index is 12.3. The molecule has 0 atom stereocenters. The van der Waals surface area contributed by atoms with Crippen molar-refractivity contribution in [2.45, 2.75) is 30.2 Å². The van der Waals surface area contributed by atoms with E-state index >= 15 is 0 Å². The Kier molecular flexibility index (Phi) is 5.51. The maximum Gasteiger partial charge on any atom is 0.233 e. The molecule has 1 saturated heterocycles. The average Bonchev–Trinajstić information content (AvgIpc) is 3.00. The van der Waals surface area contributed by atoms with Crippen LogP contribution in [0.1, 0.15) is 18.5 Å². The standard InChI is InChI=1S/C16H19N3O2S2/c1-12-10-22-16(18-12)23-11-15(20)19-8-4-14(5-9-19)21-13-2-6-17-7-3-13/h2-3,6-7,10,14H,4-5,8-9,11H2,1H3. The monoisotopic (exact) mass is 349 g/mol. The van der Waals surface area contributed by atoms with Gasteiger partial charge in [0.25, 0.3) is 0 Å². The van der Waals surface area contributed by atoms with E-state index in [0.29, 0.717) is 5.75 Å². The van der Waals surface area contributed by atoms with Crippen LogP contribution in [0, 0.1) is 6.92 Å². The molecule has 23 heavy (non-hydrogen) atoms. The second kappa shape index (κ2) is 7.79. The summed E-state index contributed by atoms with van der Waals surface area (Å²) in [5, 5.41) is 2.01. The van der Waals surface area contributed by atoms with Crippen LogP contribution < -0.4 is 4.74 Å². The SMILES string of the molecule is Cc1csc(SCC(=O)N2CCC(Oc3ccncc3)CC2)n1. The van der Waals surface area contributed by atoms with Gasteiger partial charge in [-0.3, -0.25) is 9.78 Å². The largest absolute Gasteiger partial charge is 0.490 e. The molecule has 0 spiro atoms. The summed E-state index contributed by atoms with van der Waals surface area (Å²) in [7, 11) is 0. The number of ether oxygens (including phenoxy) is 1. The van der Waals surface area contributed by atoms with Crippen LogP contribution in [0.3, 0.4) is 0 Å². The van der Waals surface area contributed by atoms with Gasteiger partial charge in [-0.1, -0.05) is 11.8 Å². The van der Waals surface area contributed by atoms with Gasteiger partial charge in [-0.15, -0.1) is 11.3 Å². The molecule has 5 nitrogen and oxygen atoms in total. The number of carbonyl (C=O) groups excluding carboxylic acids is 1. The van der Waals surface area contributed by atoms with E-state index in [1.165, 1.54) is 11.8 Å². The van der Waals surface area contributed by atoms with Crippen LogP contribution in [0.4, 0.5) is 0 Å². The Balaban J connectivity index is 1.42. The number of piperidine rings is 1. The molecule has 0 N–H and O–H groups in total. The lowest BCUT2D eigenvalue weighted by molar-refractivity contribution is -0.130. The highest BCUT2D eigenvalue weighted by atomic mass is 32.2. The normalized spacial score (nSPS) is 15.6. The molecule has 0 aromatic carbocycles. The van der Waals surface area contributed by atoms with Crippen LogP contribution >= 0.6 is 23.1 Å². The molecular formula is C16H19N3O2S2. The lowest BCUT2D eigenvalue weighted by Gasteiger charge is -2.32. The molecule has 0 unspecified atom stereocenters. The summed E-state index contributed by atoms with van der Waals surface area (Å²) in [6, 6.07) is 3.73. The molecule has 0 radical (unpaired) electrons. The van der Waals surface area contributed by atoms with E-state index in [2.05, 4.69) is 9.97 Å². The number of aryl methyl sites for hydroxylation is 1. The van der Waals surface area contributed by atoms with Crippen molar-refractivity contribution in [3.8, 4) is 5.75 Å². The number of amides is 1. The van der Waals surface area contributed by atoms with Crippen molar-refractivity contribution in [3.05, 3.63) is 35.6 Å². The number of thiazole rings is 1. The first kappa shape index (κ1) is 16.3. The number of carbonyl (C=O) groups is 1.